The molecule has 4 rings (SSSR count). The molecule has 0 amide bonds. The van der Waals surface area contributed by atoms with Crippen LogP contribution in [0.25, 0.3) is 21.5 Å². The fourth-order valence-corrected chi connectivity index (χ4v) is 2.93. The van der Waals surface area contributed by atoms with E-state index in [0.717, 1.165) is 33.2 Å². The molecule has 122 valence electrons. The molecule has 0 bridgehead atoms. The predicted octanol–water partition coefficient (Wildman–Crippen LogP) is 5.72. The lowest BCUT2D eigenvalue weighted by molar-refractivity contribution is 0.585. The molecule has 4 aromatic rings. The molecule has 2 nitrogen and oxygen atoms in total. The molecule has 0 unspecified atom stereocenters. The number of rotatable bonds is 3. The first-order valence-electron chi connectivity index (χ1n) is 7.87. The van der Waals surface area contributed by atoms with Gasteiger partial charge in [-0.25, -0.2) is 8.78 Å². The molecular weight excluding hydrogens is 318 g/mol. The Morgan fingerprint density at radius 1 is 0.760 bits per heavy atom. The van der Waals surface area contributed by atoms with Crippen LogP contribution < -0.4 is 5.43 Å². The highest BCUT2D eigenvalue weighted by molar-refractivity contribution is 6.13. The van der Waals surface area contributed by atoms with Crippen molar-refractivity contribution in [3.63, 3.8) is 0 Å². The zero-order chi connectivity index (χ0) is 17.2. The van der Waals surface area contributed by atoms with E-state index >= 15 is 0 Å². The molecule has 1 N–H and O–H groups in total. The van der Waals surface area contributed by atoms with Gasteiger partial charge < -0.3 is 0 Å². The molecule has 25 heavy (non-hydrogen) atoms. The number of hydrogen-bond donors (Lipinski definition) is 1. The number of hydrogen-bond acceptors (Lipinski definition) is 2. The summed E-state index contributed by atoms with van der Waals surface area (Å²) in [6.07, 6.45) is 1.67. The van der Waals surface area contributed by atoms with Gasteiger partial charge in [-0.15, -0.1) is 0 Å². The van der Waals surface area contributed by atoms with Crippen LogP contribution in [0.3, 0.4) is 0 Å². The SMILES string of the molecule is Fc1ccc(NN=Cc2c3ccccc3cc3ccccc23)c(F)c1. The zero-order valence-electron chi connectivity index (χ0n) is 13.2. The predicted molar refractivity (Wildman–Crippen MR) is 99.0 cm³/mol. The van der Waals surface area contributed by atoms with Gasteiger partial charge in [-0.3, -0.25) is 5.43 Å². The Morgan fingerprint density at radius 3 is 2.04 bits per heavy atom. The molecule has 4 aromatic carbocycles. The van der Waals surface area contributed by atoms with Crippen LogP contribution in [0, 0.1) is 11.6 Å². The topological polar surface area (TPSA) is 24.4 Å². The van der Waals surface area contributed by atoms with Crippen molar-refractivity contribution in [3.8, 4) is 0 Å². The lowest BCUT2D eigenvalue weighted by Gasteiger charge is -2.08. The molecule has 0 atom stereocenters. The Balaban J connectivity index is 1.79. The van der Waals surface area contributed by atoms with E-state index in [-0.39, 0.29) is 5.69 Å². The Kier molecular flexibility index (Phi) is 3.86. The Bertz CT molecular complexity index is 1050. The Hall–Kier alpha value is -3.27. The largest absolute Gasteiger partial charge is 0.276 e. The van der Waals surface area contributed by atoms with Gasteiger partial charge in [-0.05, 0) is 39.7 Å². The van der Waals surface area contributed by atoms with Gasteiger partial charge in [0.2, 0.25) is 0 Å². The van der Waals surface area contributed by atoms with Gasteiger partial charge in [-0.2, -0.15) is 5.10 Å². The second-order valence-corrected chi connectivity index (χ2v) is 5.73. The molecule has 4 heteroatoms. The van der Waals surface area contributed by atoms with Gasteiger partial charge in [0.1, 0.15) is 5.82 Å². The molecule has 0 fully saturated rings. The second kappa shape index (κ2) is 6.32. The molecule has 0 aliphatic heterocycles. The molecule has 0 heterocycles. The zero-order valence-corrected chi connectivity index (χ0v) is 13.2. The second-order valence-electron chi connectivity index (χ2n) is 5.73. The van der Waals surface area contributed by atoms with E-state index in [4.69, 9.17) is 0 Å². The summed E-state index contributed by atoms with van der Waals surface area (Å²) >= 11 is 0. The first-order chi connectivity index (χ1) is 12.2. The maximum Gasteiger partial charge on any atom is 0.151 e. The molecule has 0 aliphatic carbocycles. The molecule has 0 aliphatic rings. The van der Waals surface area contributed by atoms with E-state index in [2.05, 4.69) is 16.6 Å². The van der Waals surface area contributed by atoms with Gasteiger partial charge in [-0.1, -0.05) is 48.5 Å². The molecule has 0 saturated heterocycles. The minimum atomic E-state index is -0.681. The van der Waals surface area contributed by atoms with Gasteiger partial charge in [0.15, 0.2) is 5.82 Å². The van der Waals surface area contributed by atoms with E-state index in [9.17, 15) is 8.78 Å². The third kappa shape index (κ3) is 2.94. The first-order valence-corrected chi connectivity index (χ1v) is 7.87. The summed E-state index contributed by atoms with van der Waals surface area (Å²) in [5.74, 6) is -1.30. The van der Waals surface area contributed by atoms with E-state index in [1.165, 1.54) is 12.1 Å². The summed E-state index contributed by atoms with van der Waals surface area (Å²) in [6, 6.07) is 21.6. The van der Waals surface area contributed by atoms with Crippen LogP contribution in [0.15, 0.2) is 77.9 Å². The summed E-state index contributed by atoms with van der Waals surface area (Å²) in [4.78, 5) is 0. The highest BCUT2D eigenvalue weighted by Crippen LogP contribution is 2.27. The normalized spacial score (nSPS) is 11.4. The van der Waals surface area contributed by atoms with Crippen molar-refractivity contribution >= 4 is 33.4 Å². The maximum absolute atomic E-state index is 13.7. The molecule has 0 spiro atoms. The number of nitrogens with one attached hydrogen (secondary N) is 1. The van der Waals surface area contributed by atoms with Crippen molar-refractivity contribution < 1.29 is 8.78 Å². The molecular formula is C21H14F2N2. The smallest absolute Gasteiger partial charge is 0.151 e. The number of benzene rings is 4. The summed E-state index contributed by atoms with van der Waals surface area (Å²) in [6.45, 7) is 0. The van der Waals surface area contributed by atoms with Crippen LogP contribution >= 0.6 is 0 Å². The van der Waals surface area contributed by atoms with Crippen LogP contribution in [-0.4, -0.2) is 6.21 Å². The van der Waals surface area contributed by atoms with Crippen molar-refractivity contribution in [1.82, 2.24) is 0 Å². The standard InChI is InChI=1S/C21H14F2N2/c22-16-9-10-21(20(23)12-16)25-24-13-19-17-7-3-1-5-14(17)11-15-6-2-4-8-18(15)19/h1-13,25H. The lowest BCUT2D eigenvalue weighted by atomic mass is 9.97. The highest BCUT2D eigenvalue weighted by Gasteiger charge is 2.06. The van der Waals surface area contributed by atoms with Crippen molar-refractivity contribution in [2.75, 3.05) is 5.43 Å². The highest BCUT2D eigenvalue weighted by atomic mass is 19.1. The van der Waals surface area contributed by atoms with Crippen LogP contribution in [0.2, 0.25) is 0 Å². The fourth-order valence-electron chi connectivity index (χ4n) is 2.93. The summed E-state index contributed by atoms with van der Waals surface area (Å²) in [7, 11) is 0. The number of nitrogens with zero attached hydrogens (tertiary/aromatic N) is 1. The van der Waals surface area contributed by atoms with E-state index in [0.29, 0.717) is 0 Å². The van der Waals surface area contributed by atoms with Gasteiger partial charge in [0.25, 0.3) is 0 Å². The number of anilines is 1. The monoisotopic (exact) mass is 332 g/mol. The quantitative estimate of drug-likeness (QED) is 0.290. The minimum Gasteiger partial charge on any atom is -0.276 e. The van der Waals surface area contributed by atoms with Gasteiger partial charge in [0.05, 0.1) is 11.9 Å². The number of fused-ring (bicyclic) bond motifs is 2. The van der Waals surface area contributed by atoms with Crippen molar-refractivity contribution in [2.24, 2.45) is 5.10 Å². The van der Waals surface area contributed by atoms with E-state index in [1.807, 2.05) is 48.5 Å². The van der Waals surface area contributed by atoms with Crippen molar-refractivity contribution in [2.45, 2.75) is 0 Å². The molecule has 0 saturated carbocycles. The lowest BCUT2D eigenvalue weighted by Crippen LogP contribution is -1.95. The molecule has 0 radical (unpaired) electrons. The summed E-state index contributed by atoms with van der Waals surface area (Å²) in [5, 5.41) is 8.50. The van der Waals surface area contributed by atoms with E-state index < -0.39 is 11.6 Å². The summed E-state index contributed by atoms with van der Waals surface area (Å²) < 4.78 is 26.7. The van der Waals surface area contributed by atoms with E-state index in [1.54, 1.807) is 6.21 Å². The van der Waals surface area contributed by atoms with Crippen molar-refractivity contribution in [1.29, 1.82) is 0 Å². The fraction of sp³-hybridized carbons (Fsp3) is 0. The average Bonchev–Trinajstić information content (AvgIpc) is 2.63. The third-order valence-corrected chi connectivity index (χ3v) is 4.12. The van der Waals surface area contributed by atoms with Crippen LogP contribution in [0.1, 0.15) is 5.56 Å². The van der Waals surface area contributed by atoms with Crippen LogP contribution in [0.5, 0.6) is 0 Å². The first kappa shape index (κ1) is 15.3. The Labute approximate surface area is 143 Å². The maximum atomic E-state index is 13.7. The minimum absolute atomic E-state index is 0.127. The van der Waals surface area contributed by atoms with Crippen molar-refractivity contribution in [3.05, 3.63) is 90.0 Å². The number of hydrazone groups is 1. The average molecular weight is 332 g/mol. The summed E-state index contributed by atoms with van der Waals surface area (Å²) in [5.41, 5.74) is 3.72. The Morgan fingerprint density at radius 2 is 1.40 bits per heavy atom. The van der Waals surface area contributed by atoms with Crippen LogP contribution in [-0.2, 0) is 0 Å². The third-order valence-electron chi connectivity index (χ3n) is 4.12. The van der Waals surface area contributed by atoms with Gasteiger partial charge >= 0.3 is 0 Å². The van der Waals surface area contributed by atoms with Gasteiger partial charge in [0, 0.05) is 11.6 Å². The number of halogens is 2. The van der Waals surface area contributed by atoms with Crippen LogP contribution in [0.4, 0.5) is 14.5 Å². The molecule has 0 aromatic heterocycles.